The van der Waals surface area contributed by atoms with Crippen LogP contribution in [0.1, 0.15) is 166 Å². The highest BCUT2D eigenvalue weighted by Crippen LogP contribution is 2.29. The molecule has 0 aliphatic heterocycles. The number of hydrogen-bond acceptors (Lipinski definition) is 18. The molecule has 0 spiro atoms. The average molecular weight is 1170 g/mol. The van der Waals surface area contributed by atoms with Crippen molar-refractivity contribution in [3.8, 4) is 0 Å². The molecule has 0 aromatic rings. The molecule has 488 valence electrons. The van der Waals surface area contributed by atoms with E-state index in [1.807, 2.05) is 166 Å². The first-order chi connectivity index (χ1) is 37.1. The van der Waals surface area contributed by atoms with Crippen LogP contribution in [0, 0.1) is 16.2 Å². The van der Waals surface area contributed by atoms with Gasteiger partial charge in [0.25, 0.3) is 0 Å². The maximum atomic E-state index is 7.01. The van der Waals surface area contributed by atoms with Crippen LogP contribution in [0.3, 0.4) is 0 Å². The van der Waals surface area contributed by atoms with Crippen LogP contribution < -0.4 is 0 Å². The van der Waals surface area contributed by atoms with Crippen LogP contribution in [0.15, 0.2) is 0 Å². The highest BCUT2D eigenvalue weighted by Gasteiger charge is 2.40. The molecule has 0 saturated carbocycles. The normalized spacial score (nSPS) is 14.2. The lowest BCUT2D eigenvalue weighted by molar-refractivity contribution is -0.167. The van der Waals surface area contributed by atoms with E-state index in [9.17, 15) is 0 Å². The number of rotatable bonds is 48. The van der Waals surface area contributed by atoms with Gasteiger partial charge in [-0.05, 0) is 166 Å². The Bertz CT molecular complexity index is 1270. The van der Waals surface area contributed by atoms with Crippen molar-refractivity contribution < 1.29 is 85.3 Å². The van der Waals surface area contributed by atoms with E-state index >= 15 is 0 Å². The Morgan fingerprint density at radius 1 is 0.136 bits per heavy atom. The summed E-state index contributed by atoms with van der Waals surface area (Å²) in [6.45, 7) is 57.5. The largest absolute Gasteiger partial charge is 0.380 e. The van der Waals surface area contributed by atoms with Gasteiger partial charge in [0.1, 0.15) is 0 Å². The van der Waals surface area contributed by atoms with Gasteiger partial charge in [0.2, 0.25) is 0 Å². The van der Waals surface area contributed by atoms with E-state index in [0.29, 0.717) is 106 Å². The molecule has 18 heteroatoms. The highest BCUT2D eigenvalue weighted by atomic mass is 16.6. The van der Waals surface area contributed by atoms with Crippen molar-refractivity contribution >= 4 is 0 Å². The van der Waals surface area contributed by atoms with Gasteiger partial charge in [0, 0.05) is 0 Å². The molecular weight excluding hydrogens is 1040 g/mol. The van der Waals surface area contributed by atoms with Crippen LogP contribution in [0.2, 0.25) is 0 Å². The van der Waals surface area contributed by atoms with Crippen LogP contribution in [-0.2, 0) is 85.3 Å². The van der Waals surface area contributed by atoms with Gasteiger partial charge in [-0.3, -0.25) is 0 Å². The summed E-state index contributed by atoms with van der Waals surface area (Å²) in [7, 11) is 0. The Morgan fingerprint density at radius 3 is 0.333 bits per heavy atom. The summed E-state index contributed by atoms with van der Waals surface area (Å²) in [5, 5.41) is 0. The van der Waals surface area contributed by atoms with Crippen LogP contribution in [0.4, 0.5) is 0 Å². The molecule has 0 saturated heterocycles. The Kier molecular flexibility index (Phi) is 38.9. The zero-order valence-electron chi connectivity index (χ0n) is 56.6. The molecule has 0 radical (unpaired) electrons. The predicted octanol–water partition coefficient (Wildman–Crippen LogP) is 10.6. The van der Waals surface area contributed by atoms with Crippen LogP contribution >= 0.6 is 0 Å². The summed E-state index contributed by atoms with van der Waals surface area (Å²) in [6.07, 6.45) is 0. The van der Waals surface area contributed by atoms with Crippen LogP contribution in [-0.4, -0.2) is 230 Å². The summed E-state index contributed by atoms with van der Waals surface area (Å²) < 4.78 is 114. The monoisotopic (exact) mass is 1170 g/mol. The van der Waals surface area contributed by atoms with Crippen molar-refractivity contribution in [1.29, 1.82) is 0 Å². The third-order valence-electron chi connectivity index (χ3n) is 11.0. The van der Waals surface area contributed by atoms with E-state index in [1.165, 1.54) is 0 Å². The first-order valence-electron chi connectivity index (χ1n) is 30.0. The standard InChI is InChI=1S/C63H128O18/c1-53(2,3)74-33-25-64-41-61(42-65-26-34-75-54(4,5)6,43-66-27-35-76-55(7,8)9)49-72-51-63(47-70-31-39-80-59(19,20)21,48-71-32-40-81-60(22,23)24)52-73-50-62(44-67-28-36-77-56(10,11)12,45-68-29-37-78-57(13,14)15)46-69-30-38-79-58(16,17)18/h25-52H2,1-24H3. The molecule has 0 atom stereocenters. The maximum Gasteiger partial charge on any atom is 0.0707 e. The minimum atomic E-state index is -0.866. The lowest BCUT2D eigenvalue weighted by atomic mass is 9.89. The Balaban J connectivity index is 7.52. The van der Waals surface area contributed by atoms with Gasteiger partial charge in [0.05, 0.1) is 246 Å². The van der Waals surface area contributed by atoms with Crippen molar-refractivity contribution in [3.63, 3.8) is 0 Å². The fraction of sp³-hybridized carbons (Fsp3) is 1.00. The fourth-order valence-corrected chi connectivity index (χ4v) is 7.28. The van der Waals surface area contributed by atoms with Crippen molar-refractivity contribution in [3.05, 3.63) is 0 Å². The quantitative estimate of drug-likeness (QED) is 0.0528. The first-order valence-corrected chi connectivity index (χ1v) is 30.0. The second-order valence-corrected chi connectivity index (χ2v) is 29.6. The first kappa shape index (κ1) is 80.3. The molecule has 0 aromatic carbocycles. The molecule has 0 heterocycles. The topological polar surface area (TPSA) is 166 Å². The average Bonchev–Trinajstić information content (AvgIpc) is 3.27. The van der Waals surface area contributed by atoms with Crippen LogP contribution in [0.5, 0.6) is 0 Å². The lowest BCUT2D eigenvalue weighted by Crippen LogP contribution is -2.48. The van der Waals surface area contributed by atoms with E-state index < -0.39 is 16.2 Å². The lowest BCUT2D eigenvalue weighted by Gasteiger charge is -2.38. The highest BCUT2D eigenvalue weighted by molar-refractivity contribution is 4.86. The van der Waals surface area contributed by atoms with E-state index in [2.05, 4.69) is 0 Å². The number of hydrogen-bond donors (Lipinski definition) is 0. The summed E-state index contributed by atoms with van der Waals surface area (Å²) >= 11 is 0. The Morgan fingerprint density at radius 2 is 0.235 bits per heavy atom. The van der Waals surface area contributed by atoms with Gasteiger partial charge in [0.15, 0.2) is 0 Å². The minimum Gasteiger partial charge on any atom is -0.380 e. The molecule has 0 rings (SSSR count). The van der Waals surface area contributed by atoms with Gasteiger partial charge >= 0.3 is 0 Å². The van der Waals surface area contributed by atoms with Crippen LogP contribution in [0.25, 0.3) is 0 Å². The molecule has 0 N–H and O–H groups in total. The van der Waals surface area contributed by atoms with E-state index in [0.717, 1.165) is 0 Å². The Labute approximate surface area is 495 Å². The third-order valence-corrected chi connectivity index (χ3v) is 11.0. The minimum absolute atomic E-state index is 0.164. The second kappa shape index (κ2) is 39.2. The predicted molar refractivity (Wildman–Crippen MR) is 321 cm³/mol. The Hall–Kier alpha value is -0.720. The zero-order chi connectivity index (χ0) is 62.0. The SMILES string of the molecule is CC(C)(C)OCCOCC(COCCOC(C)(C)C)(COCCOC(C)(C)C)COCC(COCCOC(C)(C)C)(COCCOC(C)(C)C)COCC(COCCOC(C)(C)C)(COCCOC(C)(C)C)COCCOC(C)(C)C. The van der Waals surface area contributed by atoms with Crippen molar-refractivity contribution in [1.82, 2.24) is 0 Å². The zero-order valence-corrected chi connectivity index (χ0v) is 56.6. The molecule has 0 bridgehead atoms. The van der Waals surface area contributed by atoms with Gasteiger partial charge in [-0.2, -0.15) is 0 Å². The second-order valence-electron chi connectivity index (χ2n) is 29.6. The van der Waals surface area contributed by atoms with E-state index in [4.69, 9.17) is 85.3 Å². The van der Waals surface area contributed by atoms with Crippen molar-refractivity contribution in [2.75, 3.05) is 185 Å². The van der Waals surface area contributed by atoms with E-state index in [-0.39, 0.29) is 124 Å². The summed E-state index contributed by atoms with van der Waals surface area (Å²) in [4.78, 5) is 0. The maximum absolute atomic E-state index is 7.01. The smallest absolute Gasteiger partial charge is 0.0707 e. The number of ether oxygens (including phenoxy) is 18. The van der Waals surface area contributed by atoms with Gasteiger partial charge < -0.3 is 85.3 Å². The van der Waals surface area contributed by atoms with Gasteiger partial charge in [-0.25, -0.2) is 0 Å². The third kappa shape index (κ3) is 52.2. The van der Waals surface area contributed by atoms with Gasteiger partial charge in [-0.1, -0.05) is 0 Å². The summed E-state index contributed by atoms with van der Waals surface area (Å²) in [6, 6.07) is 0. The molecule has 81 heavy (non-hydrogen) atoms. The molecule has 18 nitrogen and oxygen atoms in total. The van der Waals surface area contributed by atoms with Gasteiger partial charge in [-0.15, -0.1) is 0 Å². The molecule has 0 fully saturated rings. The summed E-state index contributed by atoms with van der Waals surface area (Å²) in [5.41, 5.74) is -5.02. The van der Waals surface area contributed by atoms with E-state index in [1.54, 1.807) is 0 Å². The molecule has 0 aromatic heterocycles. The summed E-state index contributed by atoms with van der Waals surface area (Å²) in [5.74, 6) is 0. The van der Waals surface area contributed by atoms with Crippen molar-refractivity contribution in [2.45, 2.75) is 211 Å². The molecule has 0 amide bonds. The molecule has 0 aliphatic rings. The molecule has 0 unspecified atom stereocenters. The van der Waals surface area contributed by atoms with Crippen molar-refractivity contribution in [2.24, 2.45) is 16.2 Å². The molecule has 0 aliphatic carbocycles. The fourth-order valence-electron chi connectivity index (χ4n) is 7.28. The molecular formula is C63H128O18.